The third kappa shape index (κ3) is 1.57. The standard InChI is InChI=1S/C7H11N3O2S/c1-3-10-4(2)5(6(11)12)13-7(10)9-8/h3,8H2,1-2H3,(H,11,12). The lowest BCUT2D eigenvalue weighted by Crippen LogP contribution is -2.16. The molecule has 0 fully saturated rings. The molecule has 0 atom stereocenters. The zero-order valence-electron chi connectivity index (χ0n) is 7.44. The van der Waals surface area contributed by atoms with E-state index in [1.54, 1.807) is 11.5 Å². The quantitative estimate of drug-likeness (QED) is 0.535. The van der Waals surface area contributed by atoms with Crippen molar-refractivity contribution in [2.24, 2.45) is 10.9 Å². The predicted molar refractivity (Wildman–Crippen MR) is 49.4 cm³/mol. The summed E-state index contributed by atoms with van der Waals surface area (Å²) in [5.41, 5.74) is 0.698. The summed E-state index contributed by atoms with van der Waals surface area (Å²) in [4.78, 5) is 11.6. The third-order valence-electron chi connectivity index (χ3n) is 1.78. The second-order valence-electron chi connectivity index (χ2n) is 2.48. The fourth-order valence-corrected chi connectivity index (χ4v) is 2.11. The number of nitrogens with two attached hydrogens (primary N) is 1. The minimum absolute atomic E-state index is 0.297. The van der Waals surface area contributed by atoms with Crippen molar-refractivity contribution in [2.75, 3.05) is 0 Å². The largest absolute Gasteiger partial charge is 0.477 e. The highest BCUT2D eigenvalue weighted by Crippen LogP contribution is 2.10. The Morgan fingerprint density at radius 2 is 2.38 bits per heavy atom. The molecule has 3 N–H and O–H groups in total. The van der Waals surface area contributed by atoms with Crippen molar-refractivity contribution < 1.29 is 9.90 Å². The molecule has 0 amide bonds. The smallest absolute Gasteiger partial charge is 0.347 e. The number of thiazole rings is 1. The number of carbonyl (C=O) groups is 1. The van der Waals surface area contributed by atoms with E-state index >= 15 is 0 Å². The third-order valence-corrected chi connectivity index (χ3v) is 2.96. The molecular weight excluding hydrogens is 190 g/mol. The lowest BCUT2D eigenvalue weighted by molar-refractivity contribution is 0.0701. The summed E-state index contributed by atoms with van der Waals surface area (Å²) in [7, 11) is 0. The maximum absolute atomic E-state index is 10.7. The number of rotatable bonds is 2. The van der Waals surface area contributed by atoms with Gasteiger partial charge in [0.1, 0.15) is 4.88 Å². The van der Waals surface area contributed by atoms with Crippen molar-refractivity contribution in [2.45, 2.75) is 20.4 Å². The van der Waals surface area contributed by atoms with Crippen molar-refractivity contribution in [1.29, 1.82) is 0 Å². The van der Waals surface area contributed by atoms with E-state index in [2.05, 4.69) is 5.10 Å². The molecular formula is C7H11N3O2S. The van der Waals surface area contributed by atoms with Crippen LogP contribution in [0.25, 0.3) is 0 Å². The number of hydrogen-bond acceptors (Lipinski definition) is 4. The van der Waals surface area contributed by atoms with E-state index in [1.165, 1.54) is 0 Å². The second kappa shape index (κ2) is 3.61. The number of nitrogens with zero attached hydrogens (tertiary/aromatic N) is 2. The van der Waals surface area contributed by atoms with Gasteiger partial charge in [0.15, 0.2) is 0 Å². The number of carboxylic acids is 1. The molecule has 0 saturated carbocycles. The van der Waals surface area contributed by atoms with Crippen LogP contribution in [0.2, 0.25) is 0 Å². The van der Waals surface area contributed by atoms with Gasteiger partial charge >= 0.3 is 5.97 Å². The van der Waals surface area contributed by atoms with Crippen molar-refractivity contribution in [3.05, 3.63) is 15.4 Å². The van der Waals surface area contributed by atoms with Gasteiger partial charge in [0.2, 0.25) is 4.80 Å². The molecule has 1 aromatic rings. The molecule has 5 nitrogen and oxygen atoms in total. The van der Waals surface area contributed by atoms with E-state index < -0.39 is 5.97 Å². The zero-order chi connectivity index (χ0) is 10.0. The van der Waals surface area contributed by atoms with Gasteiger partial charge in [-0.05, 0) is 13.8 Å². The Kier molecular flexibility index (Phi) is 2.72. The Morgan fingerprint density at radius 1 is 1.77 bits per heavy atom. The topological polar surface area (TPSA) is 80.6 Å². The van der Waals surface area contributed by atoms with Gasteiger partial charge in [0.25, 0.3) is 0 Å². The van der Waals surface area contributed by atoms with Crippen molar-refractivity contribution in [1.82, 2.24) is 4.57 Å². The Labute approximate surface area is 79.1 Å². The number of aromatic carboxylic acids is 1. The van der Waals surface area contributed by atoms with Crippen LogP contribution in [0.5, 0.6) is 0 Å². The first kappa shape index (κ1) is 9.79. The summed E-state index contributed by atoms with van der Waals surface area (Å²) in [5.74, 6) is 4.20. The van der Waals surface area contributed by atoms with Crippen LogP contribution < -0.4 is 10.6 Å². The molecule has 0 spiro atoms. The maximum Gasteiger partial charge on any atom is 0.347 e. The van der Waals surface area contributed by atoms with Gasteiger partial charge in [-0.1, -0.05) is 11.3 Å². The second-order valence-corrected chi connectivity index (χ2v) is 3.46. The highest BCUT2D eigenvalue weighted by Gasteiger charge is 2.14. The van der Waals surface area contributed by atoms with Gasteiger partial charge in [-0.2, -0.15) is 5.10 Å². The molecule has 1 heterocycles. The minimum atomic E-state index is -0.931. The zero-order valence-corrected chi connectivity index (χ0v) is 8.26. The van der Waals surface area contributed by atoms with E-state index in [-0.39, 0.29) is 0 Å². The molecule has 0 aliphatic heterocycles. The average molecular weight is 201 g/mol. The molecule has 1 rings (SSSR count). The van der Waals surface area contributed by atoms with E-state index in [1.807, 2.05) is 6.92 Å². The van der Waals surface area contributed by atoms with E-state index in [0.29, 0.717) is 21.9 Å². The van der Waals surface area contributed by atoms with Crippen LogP contribution >= 0.6 is 11.3 Å². The molecule has 0 aromatic carbocycles. The molecule has 1 aromatic heterocycles. The Morgan fingerprint density at radius 3 is 2.69 bits per heavy atom. The molecule has 0 bridgehead atoms. The molecule has 0 aliphatic carbocycles. The fraction of sp³-hybridized carbons (Fsp3) is 0.429. The SMILES string of the molecule is CCn1c(C)c(C(=O)O)sc1=NN. The first-order chi connectivity index (χ1) is 6.11. The first-order valence-electron chi connectivity index (χ1n) is 3.79. The van der Waals surface area contributed by atoms with Gasteiger partial charge in [0, 0.05) is 12.2 Å². The van der Waals surface area contributed by atoms with Crippen LogP contribution in [0, 0.1) is 6.92 Å². The average Bonchev–Trinajstić information content (AvgIpc) is 2.41. The normalized spacial score (nSPS) is 12.0. The molecule has 0 aliphatic rings. The summed E-state index contributed by atoms with van der Waals surface area (Å²) in [6.07, 6.45) is 0. The van der Waals surface area contributed by atoms with Crippen LogP contribution in [0.1, 0.15) is 22.3 Å². The van der Waals surface area contributed by atoms with Crippen LogP contribution in [0.3, 0.4) is 0 Å². The first-order valence-corrected chi connectivity index (χ1v) is 4.60. The van der Waals surface area contributed by atoms with Crippen LogP contribution in [-0.2, 0) is 6.54 Å². The highest BCUT2D eigenvalue weighted by atomic mass is 32.1. The molecule has 0 saturated heterocycles. The minimum Gasteiger partial charge on any atom is -0.477 e. The van der Waals surface area contributed by atoms with Gasteiger partial charge in [-0.3, -0.25) is 0 Å². The summed E-state index contributed by atoms with van der Waals surface area (Å²) in [5, 5.41) is 12.3. The predicted octanol–water partition coefficient (Wildman–Crippen LogP) is 0.351. The van der Waals surface area contributed by atoms with Crippen LogP contribution in [-0.4, -0.2) is 15.6 Å². The Balaban J connectivity index is 3.44. The van der Waals surface area contributed by atoms with Gasteiger partial charge in [-0.25, -0.2) is 4.79 Å². The monoisotopic (exact) mass is 201 g/mol. The van der Waals surface area contributed by atoms with Gasteiger partial charge in [0.05, 0.1) is 0 Å². The number of hydrogen-bond donors (Lipinski definition) is 2. The maximum atomic E-state index is 10.7. The Bertz CT molecular complexity index is 391. The molecule has 72 valence electrons. The van der Waals surface area contributed by atoms with E-state index in [4.69, 9.17) is 10.9 Å². The van der Waals surface area contributed by atoms with Crippen molar-refractivity contribution in [3.63, 3.8) is 0 Å². The molecule has 13 heavy (non-hydrogen) atoms. The summed E-state index contributed by atoms with van der Waals surface area (Å²) >= 11 is 1.09. The molecule has 6 heteroatoms. The van der Waals surface area contributed by atoms with E-state index in [0.717, 1.165) is 11.3 Å². The van der Waals surface area contributed by atoms with E-state index in [9.17, 15) is 4.79 Å². The van der Waals surface area contributed by atoms with Crippen LogP contribution in [0.15, 0.2) is 5.10 Å². The van der Waals surface area contributed by atoms with Crippen LogP contribution in [0.4, 0.5) is 0 Å². The lowest BCUT2D eigenvalue weighted by atomic mass is 10.4. The number of carboxylic acid groups (broad SMARTS) is 1. The Hall–Kier alpha value is -1.30. The summed E-state index contributed by atoms with van der Waals surface area (Å²) < 4.78 is 1.77. The molecule has 0 unspecified atom stereocenters. The summed E-state index contributed by atoms with van der Waals surface area (Å²) in [6.45, 7) is 4.34. The van der Waals surface area contributed by atoms with Crippen molar-refractivity contribution >= 4 is 17.3 Å². The van der Waals surface area contributed by atoms with Gasteiger partial charge < -0.3 is 15.5 Å². The highest BCUT2D eigenvalue weighted by molar-refractivity contribution is 7.11. The number of aromatic nitrogens is 1. The lowest BCUT2D eigenvalue weighted by Gasteiger charge is -1.99. The molecule has 0 radical (unpaired) electrons. The fourth-order valence-electron chi connectivity index (χ4n) is 1.15. The van der Waals surface area contributed by atoms with Gasteiger partial charge in [-0.15, -0.1) is 0 Å². The summed E-state index contributed by atoms with van der Waals surface area (Å²) in [6, 6.07) is 0. The van der Waals surface area contributed by atoms with Crippen molar-refractivity contribution in [3.8, 4) is 0 Å².